The quantitative estimate of drug-likeness (QED) is 0.327. The average molecular weight is 511 g/mol. The molecule has 0 unspecified atom stereocenters. The number of aromatic nitrogens is 3. The number of hydrogen-bond acceptors (Lipinski definition) is 7. The number of rotatable bonds is 9. The molecule has 0 fully saturated rings. The molecule has 0 aliphatic heterocycles. The Morgan fingerprint density at radius 3 is 2.29 bits per heavy atom. The van der Waals surface area contributed by atoms with Gasteiger partial charge in [-0.15, -0.1) is 10.2 Å². The second kappa shape index (κ2) is 10.9. The molecule has 174 valence electrons. The van der Waals surface area contributed by atoms with Gasteiger partial charge < -0.3 is 9.88 Å². The van der Waals surface area contributed by atoms with Crippen LogP contribution < -0.4 is 5.32 Å². The van der Waals surface area contributed by atoms with Gasteiger partial charge in [-0.25, -0.2) is 8.42 Å². The molecule has 7 nitrogen and oxygen atoms in total. The predicted molar refractivity (Wildman–Crippen MR) is 135 cm³/mol. The number of hydrogen-bond donors (Lipinski definition) is 1. The van der Waals surface area contributed by atoms with E-state index in [0.717, 1.165) is 15.5 Å². The lowest BCUT2D eigenvalue weighted by molar-refractivity contribution is -0.113. The van der Waals surface area contributed by atoms with Crippen LogP contribution >= 0.6 is 23.5 Å². The lowest BCUT2D eigenvalue weighted by Gasteiger charge is -2.10. The third-order valence-electron chi connectivity index (χ3n) is 4.81. The molecule has 0 aliphatic rings. The number of nitrogens with zero attached hydrogens (tertiary/aromatic N) is 3. The normalized spacial score (nSPS) is 11.3. The molecule has 0 spiro atoms. The van der Waals surface area contributed by atoms with Crippen LogP contribution in [0.25, 0.3) is 0 Å². The molecule has 3 aromatic carbocycles. The van der Waals surface area contributed by atoms with E-state index in [1.165, 1.54) is 11.8 Å². The summed E-state index contributed by atoms with van der Waals surface area (Å²) in [6, 6.07) is 25.8. The smallest absolute Gasteiger partial charge is 0.234 e. The van der Waals surface area contributed by atoms with Gasteiger partial charge in [-0.2, -0.15) is 0 Å². The number of benzene rings is 3. The lowest BCUT2D eigenvalue weighted by Crippen LogP contribution is -2.15. The van der Waals surface area contributed by atoms with Crippen molar-refractivity contribution >= 4 is 45.0 Å². The Morgan fingerprint density at radius 1 is 0.912 bits per heavy atom. The predicted octanol–water partition coefficient (Wildman–Crippen LogP) is 4.67. The fraction of sp³-hybridized carbons (Fsp3) is 0.125. The summed E-state index contributed by atoms with van der Waals surface area (Å²) in [5.41, 5.74) is 0.731. The largest absolute Gasteiger partial charge is 0.324 e. The number of thioether (sulfide) groups is 1. The molecule has 4 rings (SSSR count). The third-order valence-corrected chi connectivity index (χ3v) is 8.54. The van der Waals surface area contributed by atoms with E-state index in [2.05, 4.69) is 15.5 Å². The van der Waals surface area contributed by atoms with Crippen LogP contribution in [0.3, 0.4) is 0 Å². The van der Waals surface area contributed by atoms with E-state index in [-0.39, 0.29) is 22.3 Å². The molecule has 10 heteroatoms. The Balaban J connectivity index is 1.38. The van der Waals surface area contributed by atoms with E-state index < -0.39 is 9.84 Å². The minimum Gasteiger partial charge on any atom is -0.324 e. The molecule has 1 aromatic heterocycles. The highest BCUT2D eigenvalue weighted by Crippen LogP contribution is 2.33. The van der Waals surface area contributed by atoms with Crippen molar-refractivity contribution in [3.8, 4) is 0 Å². The maximum absolute atomic E-state index is 12.6. The summed E-state index contributed by atoms with van der Waals surface area (Å²) in [5, 5.41) is 11.5. The van der Waals surface area contributed by atoms with Crippen molar-refractivity contribution in [2.75, 3.05) is 11.1 Å². The number of sulfone groups is 1. The minimum absolute atomic E-state index is 0.113. The zero-order chi connectivity index (χ0) is 24.0. The average Bonchev–Trinajstić information content (AvgIpc) is 3.18. The number of anilines is 1. The van der Waals surface area contributed by atoms with Crippen molar-refractivity contribution in [3.05, 3.63) is 90.8 Å². The fourth-order valence-electron chi connectivity index (χ4n) is 3.07. The van der Waals surface area contributed by atoms with Crippen LogP contribution in [0.1, 0.15) is 5.82 Å². The Labute approximate surface area is 206 Å². The first kappa shape index (κ1) is 24.1. The zero-order valence-electron chi connectivity index (χ0n) is 18.3. The highest BCUT2D eigenvalue weighted by Gasteiger charge is 2.20. The van der Waals surface area contributed by atoms with Crippen LogP contribution in [0.2, 0.25) is 0 Å². The Morgan fingerprint density at radius 2 is 1.56 bits per heavy atom. The van der Waals surface area contributed by atoms with E-state index >= 15 is 0 Å². The number of carbonyl (C=O) groups is 1. The first-order valence-electron chi connectivity index (χ1n) is 10.3. The summed E-state index contributed by atoms with van der Waals surface area (Å²) in [6.07, 6.45) is 0. The van der Waals surface area contributed by atoms with Crippen molar-refractivity contribution in [1.29, 1.82) is 0 Å². The lowest BCUT2D eigenvalue weighted by atomic mass is 10.3. The van der Waals surface area contributed by atoms with Crippen LogP contribution in [-0.2, 0) is 27.4 Å². The Hall–Kier alpha value is -3.08. The standard InChI is InChI=1S/C24H22N4O3S3/c1-28-22(17-34(30,31)19-12-6-3-7-13-19)26-27-24(28)32-16-23(29)25-20-14-8-9-15-21(20)33-18-10-4-2-5-11-18/h2-15H,16-17H2,1H3,(H,25,29). The van der Waals surface area contributed by atoms with Gasteiger partial charge in [0.1, 0.15) is 11.6 Å². The Bertz CT molecular complexity index is 1380. The SMILES string of the molecule is Cn1c(CS(=O)(=O)c2ccccc2)nnc1SCC(=O)Nc1ccccc1Sc1ccccc1. The highest BCUT2D eigenvalue weighted by molar-refractivity contribution is 8.00. The van der Waals surface area contributed by atoms with Crippen molar-refractivity contribution < 1.29 is 13.2 Å². The van der Waals surface area contributed by atoms with Gasteiger partial charge in [0, 0.05) is 16.8 Å². The summed E-state index contributed by atoms with van der Waals surface area (Å²) in [6.45, 7) is 0. The summed E-state index contributed by atoms with van der Waals surface area (Å²) < 4.78 is 26.9. The molecular weight excluding hydrogens is 488 g/mol. The van der Waals surface area contributed by atoms with Crippen LogP contribution in [0.5, 0.6) is 0 Å². The van der Waals surface area contributed by atoms with Crippen molar-refractivity contribution in [1.82, 2.24) is 14.8 Å². The molecule has 0 radical (unpaired) electrons. The summed E-state index contributed by atoms with van der Waals surface area (Å²) >= 11 is 2.78. The molecule has 0 saturated carbocycles. The Kier molecular flexibility index (Phi) is 7.71. The number of amides is 1. The van der Waals surface area contributed by atoms with Crippen LogP contribution in [0.4, 0.5) is 5.69 Å². The molecule has 4 aromatic rings. The van der Waals surface area contributed by atoms with Gasteiger partial charge in [-0.1, -0.05) is 72.1 Å². The molecule has 0 saturated heterocycles. The molecule has 1 amide bonds. The number of para-hydroxylation sites is 1. The molecule has 1 heterocycles. The minimum atomic E-state index is -3.54. The summed E-state index contributed by atoms with van der Waals surface area (Å²) in [7, 11) is -1.84. The molecule has 1 N–H and O–H groups in total. The van der Waals surface area contributed by atoms with E-state index in [0.29, 0.717) is 11.0 Å². The van der Waals surface area contributed by atoms with Gasteiger partial charge in [0.25, 0.3) is 0 Å². The summed E-state index contributed by atoms with van der Waals surface area (Å²) in [5.74, 6) is -0.0250. The maximum Gasteiger partial charge on any atom is 0.234 e. The van der Waals surface area contributed by atoms with Gasteiger partial charge in [0.15, 0.2) is 15.0 Å². The van der Waals surface area contributed by atoms with Crippen molar-refractivity contribution in [2.45, 2.75) is 25.6 Å². The second-order valence-corrected chi connectivity index (χ2v) is 11.3. The molecule has 34 heavy (non-hydrogen) atoms. The first-order valence-corrected chi connectivity index (χ1v) is 13.8. The van der Waals surface area contributed by atoms with Crippen LogP contribution in [-0.4, -0.2) is 34.8 Å². The second-order valence-electron chi connectivity index (χ2n) is 7.28. The zero-order valence-corrected chi connectivity index (χ0v) is 20.7. The van der Waals surface area contributed by atoms with Gasteiger partial charge in [-0.3, -0.25) is 4.79 Å². The van der Waals surface area contributed by atoms with Crippen LogP contribution in [0, 0.1) is 0 Å². The highest BCUT2D eigenvalue weighted by atomic mass is 32.2. The monoisotopic (exact) mass is 510 g/mol. The van der Waals surface area contributed by atoms with Gasteiger partial charge in [-0.05, 0) is 36.4 Å². The van der Waals surface area contributed by atoms with E-state index in [9.17, 15) is 13.2 Å². The molecule has 0 aliphatic carbocycles. The van der Waals surface area contributed by atoms with Crippen molar-refractivity contribution in [3.63, 3.8) is 0 Å². The topological polar surface area (TPSA) is 93.9 Å². The van der Waals surface area contributed by atoms with Gasteiger partial charge in [0.05, 0.1) is 16.3 Å². The van der Waals surface area contributed by atoms with Gasteiger partial charge in [0.2, 0.25) is 5.91 Å². The van der Waals surface area contributed by atoms with Gasteiger partial charge >= 0.3 is 0 Å². The third kappa shape index (κ3) is 6.07. The number of nitrogens with one attached hydrogen (secondary N) is 1. The van der Waals surface area contributed by atoms with E-state index in [1.54, 1.807) is 53.7 Å². The summed E-state index contributed by atoms with van der Waals surface area (Å²) in [4.78, 5) is 14.9. The number of carbonyl (C=O) groups excluding carboxylic acids is 1. The maximum atomic E-state index is 12.6. The molecule has 0 atom stereocenters. The molecule has 0 bridgehead atoms. The van der Waals surface area contributed by atoms with E-state index in [1.807, 2.05) is 54.6 Å². The van der Waals surface area contributed by atoms with E-state index in [4.69, 9.17) is 0 Å². The van der Waals surface area contributed by atoms with Crippen molar-refractivity contribution in [2.24, 2.45) is 7.05 Å². The fourth-order valence-corrected chi connectivity index (χ4v) is 6.05. The van der Waals surface area contributed by atoms with Crippen LogP contribution in [0.15, 0.2) is 105 Å². The first-order chi connectivity index (χ1) is 16.4. The molecular formula is C24H22N4O3S3.